The van der Waals surface area contributed by atoms with Crippen molar-refractivity contribution in [3.05, 3.63) is 59.6 Å². The summed E-state index contributed by atoms with van der Waals surface area (Å²) < 4.78 is 5.51. The van der Waals surface area contributed by atoms with Crippen molar-refractivity contribution >= 4 is 29.3 Å². The van der Waals surface area contributed by atoms with E-state index in [0.717, 1.165) is 5.75 Å². The third-order valence-corrected chi connectivity index (χ3v) is 4.19. The lowest BCUT2D eigenvalue weighted by molar-refractivity contribution is -0.120. The lowest BCUT2D eigenvalue weighted by Crippen LogP contribution is -2.28. The third kappa shape index (κ3) is 6.00. The van der Waals surface area contributed by atoms with Crippen LogP contribution in [-0.4, -0.2) is 24.8 Å². The zero-order valence-corrected chi connectivity index (χ0v) is 13.7. The maximum Gasteiger partial charge on any atom is 0.220 e. The van der Waals surface area contributed by atoms with E-state index >= 15 is 0 Å². The van der Waals surface area contributed by atoms with Crippen molar-refractivity contribution in [1.29, 1.82) is 0 Å². The van der Waals surface area contributed by atoms with Crippen molar-refractivity contribution in [2.24, 2.45) is 0 Å². The fourth-order valence-corrected chi connectivity index (χ4v) is 2.84. The fourth-order valence-electron chi connectivity index (χ4n) is 1.78. The highest BCUT2D eigenvalue weighted by molar-refractivity contribution is 7.99. The van der Waals surface area contributed by atoms with Gasteiger partial charge in [-0.2, -0.15) is 0 Å². The van der Waals surface area contributed by atoms with Gasteiger partial charge in [0.25, 0.3) is 0 Å². The number of amides is 1. The minimum absolute atomic E-state index is 0.0335. The lowest BCUT2D eigenvalue weighted by atomic mass is 10.3. The van der Waals surface area contributed by atoms with E-state index < -0.39 is 0 Å². The van der Waals surface area contributed by atoms with E-state index in [2.05, 4.69) is 5.32 Å². The van der Waals surface area contributed by atoms with E-state index in [4.69, 9.17) is 16.3 Å². The summed E-state index contributed by atoms with van der Waals surface area (Å²) in [4.78, 5) is 12.9. The highest BCUT2D eigenvalue weighted by Crippen LogP contribution is 2.22. The van der Waals surface area contributed by atoms with Crippen molar-refractivity contribution in [3.8, 4) is 5.75 Å². The summed E-state index contributed by atoms with van der Waals surface area (Å²) in [6, 6.07) is 17.3. The molecule has 5 heteroatoms. The molecule has 0 aliphatic rings. The molecule has 1 N–H and O–H groups in total. The van der Waals surface area contributed by atoms with Gasteiger partial charge in [-0.25, -0.2) is 0 Å². The van der Waals surface area contributed by atoms with Gasteiger partial charge in [-0.15, -0.1) is 11.8 Å². The topological polar surface area (TPSA) is 38.3 Å². The molecule has 2 rings (SSSR count). The molecule has 0 saturated carbocycles. The number of hydrogen-bond acceptors (Lipinski definition) is 3. The van der Waals surface area contributed by atoms with Gasteiger partial charge >= 0.3 is 0 Å². The Hall–Kier alpha value is -1.65. The number of ether oxygens (including phenoxy) is 1. The second kappa shape index (κ2) is 9.38. The molecule has 0 aromatic heterocycles. The number of para-hydroxylation sites is 1. The van der Waals surface area contributed by atoms with Crippen LogP contribution in [0, 0.1) is 0 Å². The third-order valence-electron chi connectivity index (χ3n) is 2.86. The number of hydrogen-bond donors (Lipinski definition) is 1. The lowest BCUT2D eigenvalue weighted by Gasteiger charge is -2.09. The number of benzene rings is 2. The van der Waals surface area contributed by atoms with E-state index in [1.54, 1.807) is 23.9 Å². The van der Waals surface area contributed by atoms with Gasteiger partial charge in [-0.05, 0) is 24.3 Å². The number of thioether (sulfide) groups is 1. The smallest absolute Gasteiger partial charge is 0.220 e. The Morgan fingerprint density at radius 1 is 1.09 bits per heavy atom. The van der Waals surface area contributed by atoms with Crippen LogP contribution in [0.1, 0.15) is 6.42 Å². The van der Waals surface area contributed by atoms with Crippen LogP contribution in [0.4, 0.5) is 0 Å². The Labute approximate surface area is 140 Å². The van der Waals surface area contributed by atoms with Gasteiger partial charge in [0.15, 0.2) is 0 Å². The van der Waals surface area contributed by atoms with Crippen molar-refractivity contribution in [2.75, 3.05) is 18.9 Å². The predicted molar refractivity (Wildman–Crippen MR) is 91.7 cm³/mol. The standard InChI is InChI=1S/C17H18ClNO2S/c18-15-8-4-5-9-16(15)21-12-11-19-17(20)10-13-22-14-6-2-1-3-7-14/h1-9H,10-13H2,(H,19,20). The first kappa shape index (κ1) is 16.7. The minimum atomic E-state index is 0.0335. The average molecular weight is 336 g/mol. The molecule has 0 unspecified atom stereocenters. The predicted octanol–water partition coefficient (Wildman–Crippen LogP) is 4.02. The largest absolute Gasteiger partial charge is 0.490 e. The van der Waals surface area contributed by atoms with E-state index in [1.807, 2.05) is 42.5 Å². The van der Waals surface area contributed by atoms with Crippen LogP contribution in [0.5, 0.6) is 5.75 Å². The molecule has 0 bridgehead atoms. The molecule has 2 aromatic rings. The second-order valence-electron chi connectivity index (χ2n) is 4.54. The van der Waals surface area contributed by atoms with Crippen LogP contribution in [0.2, 0.25) is 5.02 Å². The van der Waals surface area contributed by atoms with Gasteiger partial charge in [0.05, 0.1) is 11.6 Å². The van der Waals surface area contributed by atoms with Crippen molar-refractivity contribution in [3.63, 3.8) is 0 Å². The molecular weight excluding hydrogens is 318 g/mol. The Morgan fingerprint density at radius 3 is 2.59 bits per heavy atom. The second-order valence-corrected chi connectivity index (χ2v) is 6.12. The van der Waals surface area contributed by atoms with E-state index in [9.17, 15) is 4.79 Å². The first-order chi connectivity index (χ1) is 10.8. The number of halogens is 1. The summed E-state index contributed by atoms with van der Waals surface area (Å²) in [6.07, 6.45) is 0.492. The van der Waals surface area contributed by atoms with Gasteiger partial charge < -0.3 is 10.1 Å². The van der Waals surface area contributed by atoms with Crippen LogP contribution in [0.25, 0.3) is 0 Å². The summed E-state index contributed by atoms with van der Waals surface area (Å²) in [6.45, 7) is 0.876. The Kier molecular flexibility index (Phi) is 7.13. The number of carbonyl (C=O) groups excluding carboxylic acids is 1. The van der Waals surface area contributed by atoms with Crippen LogP contribution in [0.15, 0.2) is 59.5 Å². The summed E-state index contributed by atoms with van der Waals surface area (Å²) in [5.74, 6) is 1.44. The fraction of sp³-hybridized carbons (Fsp3) is 0.235. The first-order valence-corrected chi connectivity index (χ1v) is 8.44. The molecule has 2 aromatic carbocycles. The zero-order valence-electron chi connectivity index (χ0n) is 12.1. The highest BCUT2D eigenvalue weighted by atomic mass is 35.5. The first-order valence-electron chi connectivity index (χ1n) is 7.07. The van der Waals surface area contributed by atoms with Gasteiger partial charge in [0.1, 0.15) is 12.4 Å². The monoisotopic (exact) mass is 335 g/mol. The molecule has 22 heavy (non-hydrogen) atoms. The van der Waals surface area contributed by atoms with E-state index in [-0.39, 0.29) is 5.91 Å². The van der Waals surface area contributed by atoms with Crippen LogP contribution in [-0.2, 0) is 4.79 Å². The molecular formula is C17H18ClNO2S. The minimum Gasteiger partial charge on any atom is -0.490 e. The summed E-state index contributed by atoms with van der Waals surface area (Å²) >= 11 is 7.65. The normalized spacial score (nSPS) is 10.2. The summed E-state index contributed by atoms with van der Waals surface area (Å²) in [5.41, 5.74) is 0. The molecule has 0 radical (unpaired) electrons. The van der Waals surface area contributed by atoms with Gasteiger partial charge in [-0.1, -0.05) is 41.9 Å². The molecule has 0 aliphatic heterocycles. The Morgan fingerprint density at radius 2 is 1.82 bits per heavy atom. The molecule has 116 valence electrons. The SMILES string of the molecule is O=C(CCSc1ccccc1)NCCOc1ccccc1Cl. The van der Waals surface area contributed by atoms with E-state index in [1.165, 1.54) is 4.90 Å². The maximum absolute atomic E-state index is 11.7. The van der Waals surface area contributed by atoms with Crippen LogP contribution in [0.3, 0.4) is 0 Å². The molecule has 0 atom stereocenters. The molecule has 0 heterocycles. The van der Waals surface area contributed by atoms with Crippen LogP contribution < -0.4 is 10.1 Å². The van der Waals surface area contributed by atoms with Gasteiger partial charge in [0, 0.05) is 17.1 Å². The zero-order chi connectivity index (χ0) is 15.6. The number of carbonyl (C=O) groups is 1. The molecule has 1 amide bonds. The molecule has 0 fully saturated rings. The van der Waals surface area contributed by atoms with Crippen molar-refractivity contribution < 1.29 is 9.53 Å². The average Bonchev–Trinajstić information content (AvgIpc) is 2.54. The molecule has 3 nitrogen and oxygen atoms in total. The number of rotatable bonds is 8. The quantitative estimate of drug-likeness (QED) is 0.585. The summed E-state index contributed by atoms with van der Waals surface area (Å²) in [5, 5.41) is 3.42. The number of nitrogens with one attached hydrogen (secondary N) is 1. The Balaban J connectivity index is 1.57. The molecule has 0 saturated heterocycles. The van der Waals surface area contributed by atoms with Gasteiger partial charge in [-0.3, -0.25) is 4.79 Å². The highest BCUT2D eigenvalue weighted by Gasteiger charge is 2.03. The van der Waals surface area contributed by atoms with Gasteiger partial charge in [0.2, 0.25) is 5.91 Å². The maximum atomic E-state index is 11.7. The molecule has 0 spiro atoms. The van der Waals surface area contributed by atoms with Crippen molar-refractivity contribution in [2.45, 2.75) is 11.3 Å². The van der Waals surface area contributed by atoms with Crippen molar-refractivity contribution in [1.82, 2.24) is 5.32 Å². The van der Waals surface area contributed by atoms with Crippen LogP contribution >= 0.6 is 23.4 Å². The Bertz CT molecular complexity index is 592. The summed E-state index contributed by atoms with van der Waals surface area (Å²) in [7, 11) is 0. The molecule has 0 aliphatic carbocycles. The van der Waals surface area contributed by atoms with E-state index in [0.29, 0.717) is 30.3 Å².